The number of hydrogen-bond acceptors (Lipinski definition) is 4. The monoisotopic (exact) mass is 441 g/mol. The molecule has 0 atom stereocenters. The third-order valence-electron chi connectivity index (χ3n) is 5.76. The number of nitrogens with zero attached hydrogens (tertiary/aromatic N) is 1. The lowest BCUT2D eigenvalue weighted by Gasteiger charge is -2.27. The van der Waals surface area contributed by atoms with E-state index in [9.17, 15) is 17.6 Å². The number of para-hydroxylation sites is 1. The summed E-state index contributed by atoms with van der Waals surface area (Å²) in [5.74, 6) is -0.806. The lowest BCUT2D eigenvalue weighted by Crippen LogP contribution is -2.34. The van der Waals surface area contributed by atoms with Gasteiger partial charge in [-0.15, -0.1) is 0 Å². The Morgan fingerprint density at radius 1 is 1.03 bits per heavy atom. The van der Waals surface area contributed by atoms with Crippen molar-refractivity contribution in [2.45, 2.75) is 30.6 Å². The molecule has 0 unspecified atom stereocenters. The number of sulfonamides is 1. The zero-order chi connectivity index (χ0) is 21.8. The largest absolute Gasteiger partial charge is 0.324 e. The molecular weight excluding hydrogens is 417 g/mol. The summed E-state index contributed by atoms with van der Waals surface area (Å²) in [5.41, 5.74) is 1.54. The highest BCUT2D eigenvalue weighted by Crippen LogP contribution is 2.30. The molecule has 1 heterocycles. The third kappa shape index (κ3) is 5.08. The Balaban J connectivity index is 1.29. The number of fused-ring (bicyclic) bond motifs is 1. The fourth-order valence-corrected chi connectivity index (χ4v) is 5.17. The number of carbonyl (C=O) groups excluding carboxylic acids is 1. The minimum absolute atomic E-state index is 0.0394. The van der Waals surface area contributed by atoms with E-state index in [4.69, 9.17) is 0 Å². The number of aromatic nitrogens is 1. The first kappa shape index (κ1) is 21.4. The highest BCUT2D eigenvalue weighted by Gasteiger charge is 2.28. The molecule has 1 aromatic heterocycles. The molecule has 0 radical (unpaired) electrons. The van der Waals surface area contributed by atoms with E-state index in [1.165, 1.54) is 18.2 Å². The van der Waals surface area contributed by atoms with Crippen molar-refractivity contribution >= 4 is 32.5 Å². The van der Waals surface area contributed by atoms with Crippen molar-refractivity contribution in [1.82, 2.24) is 9.71 Å². The van der Waals surface area contributed by atoms with Gasteiger partial charge in [0.1, 0.15) is 10.7 Å². The van der Waals surface area contributed by atoms with Crippen LogP contribution in [-0.4, -0.2) is 25.9 Å². The first-order valence-corrected chi connectivity index (χ1v) is 11.8. The first-order chi connectivity index (χ1) is 14.9. The second kappa shape index (κ2) is 9.11. The van der Waals surface area contributed by atoms with Crippen molar-refractivity contribution in [3.63, 3.8) is 0 Å². The molecule has 2 aromatic carbocycles. The van der Waals surface area contributed by atoms with Crippen molar-refractivity contribution in [2.24, 2.45) is 11.8 Å². The van der Waals surface area contributed by atoms with Gasteiger partial charge in [0.2, 0.25) is 15.9 Å². The molecule has 1 fully saturated rings. The van der Waals surface area contributed by atoms with E-state index in [-0.39, 0.29) is 29.2 Å². The van der Waals surface area contributed by atoms with Gasteiger partial charge in [0, 0.05) is 17.8 Å². The van der Waals surface area contributed by atoms with Gasteiger partial charge in [-0.2, -0.15) is 0 Å². The van der Waals surface area contributed by atoms with Gasteiger partial charge in [0.05, 0.1) is 17.4 Å². The van der Waals surface area contributed by atoms with Crippen LogP contribution in [0.5, 0.6) is 0 Å². The van der Waals surface area contributed by atoms with E-state index in [0.29, 0.717) is 18.5 Å². The minimum Gasteiger partial charge on any atom is -0.324 e. The fourth-order valence-electron chi connectivity index (χ4n) is 3.98. The molecule has 8 heteroatoms. The number of carbonyl (C=O) groups is 1. The average Bonchev–Trinajstić information content (AvgIpc) is 2.78. The molecule has 31 heavy (non-hydrogen) atoms. The third-order valence-corrected chi connectivity index (χ3v) is 7.22. The molecule has 6 nitrogen and oxygen atoms in total. The average molecular weight is 442 g/mol. The van der Waals surface area contributed by atoms with E-state index in [0.717, 1.165) is 29.8 Å². The van der Waals surface area contributed by atoms with Crippen LogP contribution in [0.1, 0.15) is 25.7 Å². The van der Waals surface area contributed by atoms with Crippen molar-refractivity contribution in [3.05, 3.63) is 66.6 Å². The van der Waals surface area contributed by atoms with E-state index >= 15 is 0 Å². The molecule has 1 aliphatic rings. The molecule has 0 saturated heterocycles. The summed E-state index contributed by atoms with van der Waals surface area (Å²) in [6.45, 7) is 0.236. The van der Waals surface area contributed by atoms with Gasteiger partial charge in [-0.25, -0.2) is 17.5 Å². The minimum atomic E-state index is -3.89. The molecular formula is C23H24FN3O3S. The molecule has 1 saturated carbocycles. The summed E-state index contributed by atoms with van der Waals surface area (Å²) < 4.78 is 41.0. The molecule has 1 aliphatic carbocycles. The van der Waals surface area contributed by atoms with Crippen molar-refractivity contribution < 1.29 is 17.6 Å². The van der Waals surface area contributed by atoms with Crippen molar-refractivity contribution in [1.29, 1.82) is 0 Å². The van der Waals surface area contributed by atoms with Gasteiger partial charge >= 0.3 is 0 Å². The van der Waals surface area contributed by atoms with Crippen LogP contribution in [0, 0.1) is 17.7 Å². The molecule has 162 valence electrons. The quantitative estimate of drug-likeness (QED) is 0.603. The summed E-state index contributed by atoms with van der Waals surface area (Å²) in [6, 6.07) is 14.9. The summed E-state index contributed by atoms with van der Waals surface area (Å²) in [5, 5.41) is 3.91. The molecule has 4 rings (SSSR count). The number of benzene rings is 2. The predicted octanol–water partition coefficient (Wildman–Crippen LogP) is 4.10. The molecule has 2 N–H and O–H groups in total. The van der Waals surface area contributed by atoms with Crippen LogP contribution < -0.4 is 10.0 Å². The maximum Gasteiger partial charge on any atom is 0.243 e. The van der Waals surface area contributed by atoms with E-state index < -0.39 is 15.8 Å². The fraction of sp³-hybridized carbons (Fsp3) is 0.304. The number of rotatable bonds is 6. The maximum absolute atomic E-state index is 13.8. The summed E-state index contributed by atoms with van der Waals surface area (Å²) in [7, 11) is -3.89. The number of anilines is 1. The van der Waals surface area contributed by atoms with Gasteiger partial charge in [-0.1, -0.05) is 30.3 Å². The van der Waals surface area contributed by atoms with Crippen LogP contribution >= 0.6 is 0 Å². The van der Waals surface area contributed by atoms with Gasteiger partial charge in [0.25, 0.3) is 0 Å². The Kier molecular flexibility index (Phi) is 6.29. The van der Waals surface area contributed by atoms with Gasteiger partial charge in [-0.3, -0.25) is 9.78 Å². The maximum atomic E-state index is 13.8. The predicted molar refractivity (Wildman–Crippen MR) is 117 cm³/mol. The SMILES string of the molecule is O=C(Nc1cnc2ccccc2c1)C1CCC(CNS(=O)(=O)c2ccccc2F)CC1. The Morgan fingerprint density at radius 2 is 1.74 bits per heavy atom. The lowest BCUT2D eigenvalue weighted by atomic mass is 9.81. The Morgan fingerprint density at radius 3 is 2.52 bits per heavy atom. The van der Waals surface area contributed by atoms with E-state index in [2.05, 4.69) is 15.0 Å². The van der Waals surface area contributed by atoms with Crippen LogP contribution in [-0.2, 0) is 14.8 Å². The normalized spacial score (nSPS) is 19.3. The molecule has 0 spiro atoms. The summed E-state index contributed by atoms with van der Waals surface area (Å²) in [4.78, 5) is 16.7. The van der Waals surface area contributed by atoms with Crippen LogP contribution in [0.15, 0.2) is 65.7 Å². The molecule has 1 amide bonds. The van der Waals surface area contributed by atoms with Crippen LogP contribution in [0.2, 0.25) is 0 Å². The molecule has 3 aromatic rings. The highest BCUT2D eigenvalue weighted by atomic mass is 32.2. The standard InChI is InChI=1S/C23H24FN3O3S/c24-20-6-2-4-8-22(20)31(29,30)26-14-16-9-11-17(12-10-16)23(28)27-19-13-18-5-1-3-7-21(18)25-15-19/h1-8,13,15-17,26H,9-12,14H2,(H,27,28). The Labute approximate surface area is 180 Å². The summed E-state index contributed by atoms with van der Waals surface area (Å²) >= 11 is 0. The second-order valence-corrected chi connectivity index (χ2v) is 9.64. The smallest absolute Gasteiger partial charge is 0.243 e. The van der Waals surface area contributed by atoms with Gasteiger partial charge < -0.3 is 5.32 Å². The number of amides is 1. The van der Waals surface area contributed by atoms with Crippen molar-refractivity contribution in [2.75, 3.05) is 11.9 Å². The van der Waals surface area contributed by atoms with Gasteiger partial charge in [0.15, 0.2) is 0 Å². The highest BCUT2D eigenvalue weighted by molar-refractivity contribution is 7.89. The number of hydrogen-bond donors (Lipinski definition) is 2. The topological polar surface area (TPSA) is 88.2 Å². The zero-order valence-corrected chi connectivity index (χ0v) is 17.7. The van der Waals surface area contributed by atoms with Gasteiger partial charge in [-0.05, 0) is 55.9 Å². The van der Waals surface area contributed by atoms with E-state index in [1.807, 2.05) is 30.3 Å². The first-order valence-electron chi connectivity index (χ1n) is 10.3. The van der Waals surface area contributed by atoms with Crippen LogP contribution in [0.25, 0.3) is 10.9 Å². The van der Waals surface area contributed by atoms with Crippen LogP contribution in [0.3, 0.4) is 0 Å². The number of pyridine rings is 1. The van der Waals surface area contributed by atoms with Crippen LogP contribution in [0.4, 0.5) is 10.1 Å². The summed E-state index contributed by atoms with van der Waals surface area (Å²) in [6.07, 6.45) is 4.48. The Hall–Kier alpha value is -2.84. The Bertz CT molecular complexity index is 1190. The number of nitrogens with one attached hydrogen (secondary N) is 2. The second-order valence-electron chi connectivity index (χ2n) is 7.91. The van der Waals surface area contributed by atoms with E-state index in [1.54, 1.807) is 6.20 Å². The zero-order valence-electron chi connectivity index (χ0n) is 16.9. The molecule has 0 aliphatic heterocycles. The van der Waals surface area contributed by atoms with Crippen molar-refractivity contribution in [3.8, 4) is 0 Å². The molecule has 0 bridgehead atoms. The number of halogens is 1. The lowest BCUT2D eigenvalue weighted by molar-refractivity contribution is -0.121.